The van der Waals surface area contributed by atoms with Crippen molar-refractivity contribution in [1.29, 1.82) is 0 Å². The zero-order chi connectivity index (χ0) is 9.97. The largest absolute Gasteiger partial charge is 0.494 e. The van der Waals surface area contributed by atoms with Crippen LogP contribution in [-0.4, -0.2) is 17.9 Å². The van der Waals surface area contributed by atoms with E-state index in [0.717, 1.165) is 22.9 Å². The molecule has 1 N–H and O–H groups in total. The van der Waals surface area contributed by atoms with Crippen molar-refractivity contribution in [2.75, 3.05) is 6.61 Å². The normalized spacial score (nSPS) is 10.4. The van der Waals surface area contributed by atoms with Gasteiger partial charge in [0.25, 0.3) is 0 Å². The maximum atomic E-state index is 10.7. The first-order chi connectivity index (χ1) is 6.85. The monoisotopic (exact) mass is 189 g/mol. The van der Waals surface area contributed by atoms with Crippen LogP contribution in [0.25, 0.3) is 10.9 Å². The third kappa shape index (κ3) is 1.37. The Kier molecular flexibility index (Phi) is 2.23. The molecule has 0 fully saturated rings. The SMILES string of the molecule is CCOc1ccc2[nH]cc(C=O)c2c1. The number of aromatic amines is 1. The minimum absolute atomic E-state index is 0.631. The third-order valence-corrected chi connectivity index (χ3v) is 2.12. The highest BCUT2D eigenvalue weighted by Gasteiger charge is 2.03. The zero-order valence-corrected chi connectivity index (χ0v) is 7.91. The highest BCUT2D eigenvalue weighted by molar-refractivity contribution is 5.97. The second kappa shape index (κ2) is 3.54. The Hall–Kier alpha value is -1.77. The number of aldehydes is 1. The predicted octanol–water partition coefficient (Wildman–Crippen LogP) is 2.38. The number of benzene rings is 1. The Balaban J connectivity index is 2.55. The summed E-state index contributed by atoms with van der Waals surface area (Å²) in [6.45, 7) is 2.56. The first kappa shape index (κ1) is 8.81. The molecule has 0 radical (unpaired) electrons. The topological polar surface area (TPSA) is 42.1 Å². The number of H-pyrrole nitrogens is 1. The Labute approximate surface area is 81.7 Å². The van der Waals surface area contributed by atoms with Crippen LogP contribution >= 0.6 is 0 Å². The number of nitrogens with one attached hydrogen (secondary N) is 1. The molecule has 0 spiro atoms. The van der Waals surface area contributed by atoms with Crippen LogP contribution in [0.2, 0.25) is 0 Å². The van der Waals surface area contributed by atoms with Crippen LogP contribution in [-0.2, 0) is 0 Å². The van der Waals surface area contributed by atoms with Crippen LogP contribution in [0.3, 0.4) is 0 Å². The summed E-state index contributed by atoms with van der Waals surface area (Å²) in [5.41, 5.74) is 1.62. The van der Waals surface area contributed by atoms with Gasteiger partial charge in [-0.25, -0.2) is 0 Å². The van der Waals surface area contributed by atoms with Gasteiger partial charge in [-0.3, -0.25) is 4.79 Å². The fourth-order valence-corrected chi connectivity index (χ4v) is 1.48. The molecule has 1 heterocycles. The van der Waals surface area contributed by atoms with Gasteiger partial charge >= 0.3 is 0 Å². The summed E-state index contributed by atoms with van der Waals surface area (Å²) in [7, 11) is 0. The number of ether oxygens (including phenoxy) is 1. The van der Waals surface area contributed by atoms with Gasteiger partial charge in [0.2, 0.25) is 0 Å². The molecule has 0 saturated carbocycles. The van der Waals surface area contributed by atoms with Crippen LogP contribution in [0.4, 0.5) is 0 Å². The maximum Gasteiger partial charge on any atom is 0.152 e. The molecule has 0 unspecified atom stereocenters. The van der Waals surface area contributed by atoms with Crippen molar-refractivity contribution < 1.29 is 9.53 Å². The summed E-state index contributed by atoms with van der Waals surface area (Å²) >= 11 is 0. The van der Waals surface area contributed by atoms with Crippen molar-refractivity contribution in [3.8, 4) is 5.75 Å². The molecule has 0 saturated heterocycles. The lowest BCUT2D eigenvalue weighted by Crippen LogP contribution is -1.90. The fourth-order valence-electron chi connectivity index (χ4n) is 1.48. The summed E-state index contributed by atoms with van der Waals surface area (Å²) in [4.78, 5) is 13.7. The van der Waals surface area contributed by atoms with Crippen molar-refractivity contribution in [2.24, 2.45) is 0 Å². The minimum atomic E-state index is 0.631. The van der Waals surface area contributed by atoms with E-state index in [9.17, 15) is 4.79 Å². The van der Waals surface area contributed by atoms with E-state index in [-0.39, 0.29) is 0 Å². The third-order valence-electron chi connectivity index (χ3n) is 2.12. The molecule has 3 heteroatoms. The number of hydrogen-bond donors (Lipinski definition) is 1. The number of rotatable bonds is 3. The van der Waals surface area contributed by atoms with Gasteiger partial charge in [0, 0.05) is 22.7 Å². The van der Waals surface area contributed by atoms with E-state index in [4.69, 9.17) is 4.74 Å². The highest BCUT2D eigenvalue weighted by Crippen LogP contribution is 2.22. The summed E-state index contributed by atoms with van der Waals surface area (Å²) in [6, 6.07) is 5.67. The van der Waals surface area contributed by atoms with Gasteiger partial charge in [-0.05, 0) is 25.1 Å². The van der Waals surface area contributed by atoms with Crippen molar-refractivity contribution in [1.82, 2.24) is 4.98 Å². The Bertz CT molecular complexity index is 459. The second-order valence-corrected chi connectivity index (χ2v) is 3.00. The van der Waals surface area contributed by atoms with Crippen LogP contribution in [0, 0.1) is 0 Å². The van der Waals surface area contributed by atoms with E-state index in [1.807, 2.05) is 25.1 Å². The second-order valence-electron chi connectivity index (χ2n) is 3.00. The van der Waals surface area contributed by atoms with Crippen LogP contribution in [0.5, 0.6) is 5.75 Å². The van der Waals surface area contributed by atoms with Gasteiger partial charge in [0.15, 0.2) is 6.29 Å². The lowest BCUT2D eigenvalue weighted by atomic mass is 10.2. The predicted molar refractivity (Wildman–Crippen MR) is 54.9 cm³/mol. The Morgan fingerprint density at radius 1 is 1.50 bits per heavy atom. The van der Waals surface area contributed by atoms with E-state index in [1.54, 1.807) is 6.20 Å². The maximum absolute atomic E-state index is 10.7. The molecule has 0 aliphatic rings. The molecule has 2 aromatic rings. The lowest BCUT2D eigenvalue weighted by molar-refractivity contribution is 0.112. The molecule has 2 rings (SSSR count). The van der Waals surface area contributed by atoms with Gasteiger partial charge in [0.05, 0.1) is 6.61 Å². The van der Waals surface area contributed by atoms with Gasteiger partial charge in [0.1, 0.15) is 5.75 Å². The average Bonchev–Trinajstić information content (AvgIpc) is 2.60. The van der Waals surface area contributed by atoms with Gasteiger partial charge in [-0.1, -0.05) is 0 Å². The van der Waals surface area contributed by atoms with Crippen molar-refractivity contribution in [3.63, 3.8) is 0 Å². The number of aromatic nitrogens is 1. The minimum Gasteiger partial charge on any atom is -0.494 e. The van der Waals surface area contributed by atoms with E-state index in [0.29, 0.717) is 12.2 Å². The van der Waals surface area contributed by atoms with Gasteiger partial charge < -0.3 is 9.72 Å². The van der Waals surface area contributed by atoms with Crippen molar-refractivity contribution in [2.45, 2.75) is 6.92 Å². The summed E-state index contributed by atoms with van der Waals surface area (Å²) in [5.74, 6) is 0.794. The van der Waals surface area contributed by atoms with Crippen molar-refractivity contribution in [3.05, 3.63) is 30.0 Å². The molecular formula is C11H11NO2. The molecule has 0 bridgehead atoms. The van der Waals surface area contributed by atoms with Crippen LogP contribution in [0.15, 0.2) is 24.4 Å². The van der Waals surface area contributed by atoms with Gasteiger partial charge in [-0.15, -0.1) is 0 Å². The molecular weight excluding hydrogens is 178 g/mol. The first-order valence-electron chi connectivity index (χ1n) is 4.54. The number of fused-ring (bicyclic) bond motifs is 1. The number of hydrogen-bond acceptors (Lipinski definition) is 2. The fraction of sp³-hybridized carbons (Fsp3) is 0.182. The quantitative estimate of drug-likeness (QED) is 0.753. The standard InChI is InChI=1S/C11H11NO2/c1-2-14-9-3-4-11-10(5-9)8(7-13)6-12-11/h3-7,12H,2H2,1H3. The molecule has 1 aromatic heterocycles. The molecule has 14 heavy (non-hydrogen) atoms. The number of carbonyl (C=O) groups is 1. The van der Waals surface area contributed by atoms with E-state index < -0.39 is 0 Å². The molecule has 72 valence electrons. The molecule has 3 nitrogen and oxygen atoms in total. The Morgan fingerprint density at radius 2 is 2.36 bits per heavy atom. The van der Waals surface area contributed by atoms with E-state index >= 15 is 0 Å². The van der Waals surface area contributed by atoms with Crippen LogP contribution in [0.1, 0.15) is 17.3 Å². The molecule has 0 aliphatic heterocycles. The zero-order valence-electron chi connectivity index (χ0n) is 7.91. The number of carbonyl (C=O) groups excluding carboxylic acids is 1. The molecule has 0 aliphatic carbocycles. The van der Waals surface area contributed by atoms with E-state index in [2.05, 4.69) is 4.98 Å². The highest BCUT2D eigenvalue weighted by atomic mass is 16.5. The average molecular weight is 189 g/mol. The molecule has 0 amide bonds. The first-order valence-corrected chi connectivity index (χ1v) is 4.54. The Morgan fingerprint density at radius 3 is 3.07 bits per heavy atom. The summed E-state index contributed by atoms with van der Waals surface area (Å²) < 4.78 is 5.35. The van der Waals surface area contributed by atoms with E-state index in [1.165, 1.54) is 0 Å². The molecule has 1 aromatic carbocycles. The van der Waals surface area contributed by atoms with Gasteiger partial charge in [-0.2, -0.15) is 0 Å². The van der Waals surface area contributed by atoms with Crippen molar-refractivity contribution >= 4 is 17.2 Å². The lowest BCUT2D eigenvalue weighted by Gasteiger charge is -2.02. The summed E-state index contributed by atoms with van der Waals surface area (Å²) in [6.07, 6.45) is 2.54. The smallest absolute Gasteiger partial charge is 0.152 e. The summed E-state index contributed by atoms with van der Waals surface area (Å²) in [5, 5.41) is 0.908. The van der Waals surface area contributed by atoms with Crippen LogP contribution < -0.4 is 4.74 Å². The molecule has 0 atom stereocenters.